The van der Waals surface area contributed by atoms with Crippen LogP contribution in [0.15, 0.2) is 91.1 Å². The fraction of sp³-hybridized carbons (Fsp3) is 0.323. The number of amides is 2. The fourth-order valence-electron chi connectivity index (χ4n) is 5.54. The molecule has 2 aliphatic rings. The van der Waals surface area contributed by atoms with Crippen LogP contribution in [0.1, 0.15) is 48.4 Å². The number of rotatable bonds is 8. The Kier molecular flexibility index (Phi) is 7.26. The number of nitrogens with zero attached hydrogens (tertiary/aromatic N) is 2. The van der Waals surface area contributed by atoms with Crippen LogP contribution in [0.4, 0.5) is 0 Å². The van der Waals surface area contributed by atoms with E-state index in [-0.39, 0.29) is 29.1 Å². The standard InChI is InChI=1S/C31H33N3O2/c35-29(15-14-26-13-7-8-19-32-26)34-21-17-31(18-22-34)23-28(31)30(36)33-20-16-27(24-9-3-1-4-10-24)25-11-5-2-6-12-25/h1-15,19,27-28H,16-18,20-23H2,(H,33,36). The van der Waals surface area contributed by atoms with Gasteiger partial charge in [0.15, 0.2) is 0 Å². The predicted molar refractivity (Wildman–Crippen MR) is 142 cm³/mol. The molecular formula is C31H33N3O2. The SMILES string of the molecule is O=C(NCCC(c1ccccc1)c1ccccc1)C1CC12CCN(C(=O)C=Cc1ccccn1)CC2. The molecule has 5 heteroatoms. The van der Waals surface area contributed by atoms with E-state index in [1.165, 1.54) is 11.1 Å². The summed E-state index contributed by atoms with van der Waals surface area (Å²) >= 11 is 0. The van der Waals surface area contributed by atoms with Gasteiger partial charge in [0.1, 0.15) is 0 Å². The Bertz CT molecular complexity index is 1150. The van der Waals surface area contributed by atoms with Crippen molar-refractivity contribution >= 4 is 17.9 Å². The van der Waals surface area contributed by atoms with Crippen molar-refractivity contribution in [2.75, 3.05) is 19.6 Å². The molecule has 2 amide bonds. The molecule has 36 heavy (non-hydrogen) atoms. The molecule has 3 aromatic rings. The Hall–Kier alpha value is -3.73. The number of aromatic nitrogens is 1. The molecule has 184 valence electrons. The summed E-state index contributed by atoms with van der Waals surface area (Å²) in [5.74, 6) is 0.523. The van der Waals surface area contributed by atoms with E-state index in [0.29, 0.717) is 19.6 Å². The van der Waals surface area contributed by atoms with Gasteiger partial charge in [-0.2, -0.15) is 0 Å². The minimum Gasteiger partial charge on any atom is -0.356 e. The van der Waals surface area contributed by atoms with Gasteiger partial charge in [-0.25, -0.2) is 0 Å². The molecule has 1 N–H and O–H groups in total. The van der Waals surface area contributed by atoms with Gasteiger partial charge in [0.2, 0.25) is 11.8 Å². The van der Waals surface area contributed by atoms with E-state index < -0.39 is 0 Å². The number of benzene rings is 2. The largest absolute Gasteiger partial charge is 0.356 e. The van der Waals surface area contributed by atoms with Crippen molar-refractivity contribution in [3.8, 4) is 0 Å². The lowest BCUT2D eigenvalue weighted by Crippen LogP contribution is -2.40. The minimum absolute atomic E-state index is 0.0185. The average Bonchev–Trinajstić information content (AvgIpc) is 3.64. The van der Waals surface area contributed by atoms with Crippen LogP contribution >= 0.6 is 0 Å². The van der Waals surface area contributed by atoms with Gasteiger partial charge in [-0.1, -0.05) is 66.7 Å². The molecule has 5 nitrogen and oxygen atoms in total. The summed E-state index contributed by atoms with van der Waals surface area (Å²) in [4.78, 5) is 31.7. The van der Waals surface area contributed by atoms with Crippen molar-refractivity contribution in [3.05, 3.63) is 108 Å². The number of piperidine rings is 1. The number of likely N-dealkylation sites (tertiary alicyclic amines) is 1. The molecule has 2 aromatic carbocycles. The first-order valence-corrected chi connectivity index (χ1v) is 12.9. The zero-order valence-electron chi connectivity index (χ0n) is 20.6. The quantitative estimate of drug-likeness (QED) is 0.459. The topological polar surface area (TPSA) is 62.3 Å². The Morgan fingerprint density at radius 3 is 2.19 bits per heavy atom. The smallest absolute Gasteiger partial charge is 0.246 e. The molecule has 1 unspecified atom stereocenters. The Labute approximate surface area is 213 Å². The van der Waals surface area contributed by atoms with E-state index in [0.717, 1.165) is 31.4 Å². The first-order chi connectivity index (χ1) is 17.6. The zero-order valence-corrected chi connectivity index (χ0v) is 20.6. The van der Waals surface area contributed by atoms with Gasteiger partial charge >= 0.3 is 0 Å². The summed E-state index contributed by atoms with van der Waals surface area (Å²) < 4.78 is 0. The predicted octanol–water partition coefficient (Wildman–Crippen LogP) is 5.06. The minimum atomic E-state index is 0.0185. The number of nitrogens with one attached hydrogen (secondary N) is 1. The van der Waals surface area contributed by atoms with Gasteiger partial charge in [0, 0.05) is 43.7 Å². The highest BCUT2D eigenvalue weighted by molar-refractivity contribution is 5.91. The average molecular weight is 480 g/mol. The first kappa shape index (κ1) is 24.0. The van der Waals surface area contributed by atoms with Gasteiger partial charge in [0.25, 0.3) is 0 Å². The van der Waals surface area contributed by atoms with Crippen LogP contribution in [0, 0.1) is 11.3 Å². The third kappa shape index (κ3) is 5.56. The molecular weight excluding hydrogens is 446 g/mol. The molecule has 1 atom stereocenters. The lowest BCUT2D eigenvalue weighted by atomic mass is 9.88. The second kappa shape index (κ2) is 10.9. The summed E-state index contributed by atoms with van der Waals surface area (Å²) in [6, 6.07) is 26.7. The molecule has 2 heterocycles. The van der Waals surface area contributed by atoms with E-state index in [4.69, 9.17) is 0 Å². The van der Waals surface area contributed by atoms with Crippen molar-refractivity contribution in [2.24, 2.45) is 11.3 Å². The van der Waals surface area contributed by atoms with Crippen LogP contribution in [0.2, 0.25) is 0 Å². The number of hydrogen-bond acceptors (Lipinski definition) is 3. The van der Waals surface area contributed by atoms with Crippen LogP contribution in [-0.2, 0) is 9.59 Å². The highest BCUT2D eigenvalue weighted by atomic mass is 16.2. The summed E-state index contributed by atoms with van der Waals surface area (Å²) in [5, 5.41) is 3.22. The third-order valence-corrected chi connectivity index (χ3v) is 7.80. The van der Waals surface area contributed by atoms with Gasteiger partial charge in [0.05, 0.1) is 5.69 Å². The highest BCUT2D eigenvalue weighted by Crippen LogP contribution is 2.59. The van der Waals surface area contributed by atoms with Gasteiger partial charge in [-0.15, -0.1) is 0 Å². The van der Waals surface area contributed by atoms with Crippen molar-refractivity contribution in [2.45, 2.75) is 31.6 Å². The van der Waals surface area contributed by atoms with Gasteiger partial charge in [-0.05, 0) is 60.4 Å². The normalized spacial score (nSPS) is 18.5. The Morgan fingerprint density at radius 2 is 1.58 bits per heavy atom. The maximum Gasteiger partial charge on any atom is 0.246 e. The summed E-state index contributed by atoms with van der Waals surface area (Å²) in [6.45, 7) is 2.07. The van der Waals surface area contributed by atoms with Crippen LogP contribution in [0.25, 0.3) is 6.08 Å². The van der Waals surface area contributed by atoms with Crippen LogP contribution < -0.4 is 5.32 Å². The molecule has 2 fully saturated rings. The van der Waals surface area contributed by atoms with E-state index in [9.17, 15) is 9.59 Å². The zero-order chi connectivity index (χ0) is 24.8. The number of carbonyl (C=O) groups is 2. The van der Waals surface area contributed by atoms with E-state index in [2.05, 4.69) is 58.8 Å². The number of hydrogen-bond donors (Lipinski definition) is 1. The molecule has 1 aromatic heterocycles. The highest BCUT2D eigenvalue weighted by Gasteiger charge is 2.58. The fourth-order valence-corrected chi connectivity index (χ4v) is 5.54. The Morgan fingerprint density at radius 1 is 0.944 bits per heavy atom. The molecule has 5 rings (SSSR count). The summed E-state index contributed by atoms with van der Waals surface area (Å²) in [7, 11) is 0. The molecule has 1 aliphatic carbocycles. The molecule has 0 radical (unpaired) electrons. The van der Waals surface area contributed by atoms with Crippen LogP contribution in [0.5, 0.6) is 0 Å². The third-order valence-electron chi connectivity index (χ3n) is 7.80. The molecule has 1 saturated heterocycles. The maximum atomic E-state index is 13.0. The monoisotopic (exact) mass is 479 g/mol. The van der Waals surface area contributed by atoms with E-state index >= 15 is 0 Å². The number of carbonyl (C=O) groups excluding carboxylic acids is 2. The number of pyridine rings is 1. The second-order valence-corrected chi connectivity index (χ2v) is 9.99. The summed E-state index contributed by atoms with van der Waals surface area (Å²) in [6.07, 6.45) is 8.67. The van der Waals surface area contributed by atoms with Crippen molar-refractivity contribution < 1.29 is 9.59 Å². The first-order valence-electron chi connectivity index (χ1n) is 12.9. The van der Waals surface area contributed by atoms with Crippen molar-refractivity contribution in [3.63, 3.8) is 0 Å². The van der Waals surface area contributed by atoms with Gasteiger partial charge in [-0.3, -0.25) is 14.6 Å². The lowest BCUT2D eigenvalue weighted by Gasteiger charge is -2.32. The lowest BCUT2D eigenvalue weighted by molar-refractivity contribution is -0.127. The molecule has 1 saturated carbocycles. The van der Waals surface area contributed by atoms with Crippen LogP contribution in [-0.4, -0.2) is 41.3 Å². The molecule has 1 spiro atoms. The van der Waals surface area contributed by atoms with Gasteiger partial charge < -0.3 is 10.2 Å². The maximum absolute atomic E-state index is 13.0. The molecule has 0 bridgehead atoms. The van der Waals surface area contributed by atoms with E-state index in [1.807, 2.05) is 35.2 Å². The van der Waals surface area contributed by atoms with Crippen LogP contribution in [0.3, 0.4) is 0 Å². The van der Waals surface area contributed by atoms with Crippen molar-refractivity contribution in [1.82, 2.24) is 15.2 Å². The summed E-state index contributed by atoms with van der Waals surface area (Å²) in [5.41, 5.74) is 3.40. The van der Waals surface area contributed by atoms with E-state index in [1.54, 1.807) is 18.3 Å². The molecule has 1 aliphatic heterocycles. The second-order valence-electron chi connectivity index (χ2n) is 9.99. The van der Waals surface area contributed by atoms with Crippen molar-refractivity contribution in [1.29, 1.82) is 0 Å². The Balaban J connectivity index is 1.10.